The van der Waals surface area contributed by atoms with Crippen molar-refractivity contribution in [1.82, 2.24) is 19.8 Å². The van der Waals surface area contributed by atoms with Crippen LogP contribution in [0.3, 0.4) is 0 Å². The maximum Gasteiger partial charge on any atom is 0.131 e. The summed E-state index contributed by atoms with van der Waals surface area (Å²) in [5.41, 5.74) is 3.26. The van der Waals surface area contributed by atoms with Crippen molar-refractivity contribution in [1.29, 1.82) is 0 Å². The number of rotatable bonds is 4. The van der Waals surface area contributed by atoms with Gasteiger partial charge < -0.3 is 9.88 Å². The van der Waals surface area contributed by atoms with Crippen LogP contribution in [0.5, 0.6) is 0 Å². The highest BCUT2D eigenvalue weighted by molar-refractivity contribution is 5.76. The Balaban J connectivity index is 1.86. The first-order chi connectivity index (χ1) is 12.3. The van der Waals surface area contributed by atoms with Crippen LogP contribution in [0.1, 0.15) is 24.4 Å². The van der Waals surface area contributed by atoms with E-state index in [1.165, 1.54) is 0 Å². The zero-order valence-electron chi connectivity index (χ0n) is 14.5. The van der Waals surface area contributed by atoms with Crippen LogP contribution < -0.4 is 5.32 Å². The Hall–Kier alpha value is -2.24. The van der Waals surface area contributed by atoms with Gasteiger partial charge >= 0.3 is 0 Å². The number of imidazole rings is 1. The molecule has 1 atom stereocenters. The van der Waals surface area contributed by atoms with Gasteiger partial charge in [-0.15, -0.1) is 0 Å². The van der Waals surface area contributed by atoms with E-state index < -0.39 is 0 Å². The van der Waals surface area contributed by atoms with Crippen molar-refractivity contribution < 1.29 is 4.39 Å². The van der Waals surface area contributed by atoms with E-state index in [0.717, 1.165) is 55.1 Å². The predicted molar refractivity (Wildman–Crippen MR) is 98.1 cm³/mol. The van der Waals surface area contributed by atoms with Crippen LogP contribution in [0, 0.1) is 5.82 Å². The number of piperazine rings is 1. The molecule has 1 saturated heterocycles. The Morgan fingerprint density at radius 2 is 1.80 bits per heavy atom. The minimum Gasteiger partial charge on any atom is -0.327 e. The van der Waals surface area contributed by atoms with Gasteiger partial charge in [0.05, 0.1) is 17.1 Å². The molecule has 0 saturated carbocycles. The lowest BCUT2D eigenvalue weighted by atomic mass is 10.0. The number of aryl methyl sites for hydroxylation is 1. The third-order valence-corrected chi connectivity index (χ3v) is 4.95. The lowest BCUT2D eigenvalue weighted by Crippen LogP contribution is -2.46. The summed E-state index contributed by atoms with van der Waals surface area (Å²) in [6.07, 6.45) is 0. The van der Waals surface area contributed by atoms with Gasteiger partial charge in [-0.3, -0.25) is 4.90 Å². The quantitative estimate of drug-likeness (QED) is 0.793. The molecule has 1 aromatic heterocycles. The summed E-state index contributed by atoms with van der Waals surface area (Å²) in [4.78, 5) is 7.41. The average Bonchev–Trinajstić information content (AvgIpc) is 3.02. The van der Waals surface area contributed by atoms with Crippen LogP contribution in [0.15, 0.2) is 48.5 Å². The van der Waals surface area contributed by atoms with Gasteiger partial charge in [-0.2, -0.15) is 0 Å². The van der Waals surface area contributed by atoms with E-state index >= 15 is 0 Å². The summed E-state index contributed by atoms with van der Waals surface area (Å²) in [6.45, 7) is 6.84. The van der Waals surface area contributed by atoms with E-state index in [2.05, 4.69) is 39.9 Å². The highest BCUT2D eigenvalue weighted by Crippen LogP contribution is 2.31. The normalized spacial score (nSPS) is 17.0. The molecule has 1 fully saturated rings. The molecule has 1 aliphatic rings. The van der Waals surface area contributed by atoms with Gasteiger partial charge in [0, 0.05) is 32.7 Å². The fourth-order valence-electron chi connectivity index (χ4n) is 3.74. The van der Waals surface area contributed by atoms with Crippen molar-refractivity contribution in [2.24, 2.45) is 0 Å². The number of hydrogen-bond acceptors (Lipinski definition) is 3. The molecule has 4 rings (SSSR count). The third kappa shape index (κ3) is 3.05. The Kier molecular flexibility index (Phi) is 4.51. The summed E-state index contributed by atoms with van der Waals surface area (Å²) >= 11 is 0. The van der Waals surface area contributed by atoms with E-state index in [-0.39, 0.29) is 11.9 Å². The standard InChI is InChI=1S/C20H23FN4/c1-2-25-18-6-4-3-5-17(18)23-20(25)19(24-13-11-22-12-14-24)15-7-9-16(21)10-8-15/h3-10,19,22H,2,11-14H2,1H3. The number of halogens is 1. The number of nitrogens with one attached hydrogen (secondary N) is 1. The molecular weight excluding hydrogens is 315 g/mol. The van der Waals surface area contributed by atoms with E-state index in [4.69, 9.17) is 4.98 Å². The van der Waals surface area contributed by atoms with Crippen molar-refractivity contribution in [2.75, 3.05) is 26.2 Å². The third-order valence-electron chi connectivity index (χ3n) is 4.95. The van der Waals surface area contributed by atoms with E-state index in [1.807, 2.05) is 18.2 Å². The van der Waals surface area contributed by atoms with Crippen LogP contribution in [0.25, 0.3) is 11.0 Å². The highest BCUT2D eigenvalue weighted by Gasteiger charge is 2.28. The molecule has 0 radical (unpaired) electrons. The zero-order valence-corrected chi connectivity index (χ0v) is 14.5. The molecule has 0 bridgehead atoms. The molecule has 3 aromatic rings. The van der Waals surface area contributed by atoms with Crippen LogP contribution in [0.2, 0.25) is 0 Å². The van der Waals surface area contributed by atoms with Crippen LogP contribution in [0.4, 0.5) is 4.39 Å². The van der Waals surface area contributed by atoms with E-state index in [9.17, 15) is 4.39 Å². The molecule has 2 heterocycles. The van der Waals surface area contributed by atoms with Gasteiger partial charge in [-0.25, -0.2) is 9.37 Å². The number of fused-ring (bicyclic) bond motifs is 1. The van der Waals surface area contributed by atoms with Gasteiger partial charge in [-0.05, 0) is 36.8 Å². The molecule has 4 nitrogen and oxygen atoms in total. The second-order valence-electron chi connectivity index (χ2n) is 6.44. The van der Waals surface area contributed by atoms with Crippen LogP contribution in [-0.2, 0) is 6.54 Å². The maximum atomic E-state index is 13.5. The lowest BCUT2D eigenvalue weighted by molar-refractivity contribution is 0.189. The molecule has 25 heavy (non-hydrogen) atoms. The summed E-state index contributed by atoms with van der Waals surface area (Å²) < 4.78 is 15.7. The fraction of sp³-hybridized carbons (Fsp3) is 0.350. The van der Waals surface area contributed by atoms with E-state index in [0.29, 0.717) is 0 Å². The van der Waals surface area contributed by atoms with Crippen LogP contribution in [-0.4, -0.2) is 40.6 Å². The number of hydrogen-bond donors (Lipinski definition) is 1. The molecule has 0 spiro atoms. The summed E-state index contributed by atoms with van der Waals surface area (Å²) in [6, 6.07) is 15.2. The number of nitrogens with zero attached hydrogens (tertiary/aromatic N) is 3. The maximum absolute atomic E-state index is 13.5. The summed E-state index contributed by atoms with van der Waals surface area (Å²) in [5, 5.41) is 3.41. The summed E-state index contributed by atoms with van der Waals surface area (Å²) in [5.74, 6) is 0.837. The van der Waals surface area contributed by atoms with Gasteiger partial charge in [0.2, 0.25) is 0 Å². The van der Waals surface area contributed by atoms with Crippen molar-refractivity contribution in [2.45, 2.75) is 19.5 Å². The van der Waals surface area contributed by atoms with E-state index in [1.54, 1.807) is 12.1 Å². The van der Waals surface area contributed by atoms with Gasteiger partial charge in [-0.1, -0.05) is 24.3 Å². The summed E-state index contributed by atoms with van der Waals surface area (Å²) in [7, 11) is 0. The predicted octanol–water partition coefficient (Wildman–Crippen LogP) is 3.19. The first-order valence-corrected chi connectivity index (χ1v) is 8.93. The highest BCUT2D eigenvalue weighted by atomic mass is 19.1. The number of aromatic nitrogens is 2. The smallest absolute Gasteiger partial charge is 0.131 e. The van der Waals surface area contributed by atoms with Crippen molar-refractivity contribution in [3.05, 3.63) is 65.7 Å². The topological polar surface area (TPSA) is 33.1 Å². The second-order valence-corrected chi connectivity index (χ2v) is 6.44. The molecule has 2 aromatic carbocycles. The number of benzene rings is 2. The SMILES string of the molecule is CCn1c(C(c2ccc(F)cc2)N2CCNCC2)nc2ccccc21. The first kappa shape index (κ1) is 16.2. The minimum absolute atomic E-state index is 0.0371. The molecule has 0 amide bonds. The van der Waals surface area contributed by atoms with Gasteiger partial charge in [0.1, 0.15) is 11.6 Å². The Labute approximate surface area is 147 Å². The van der Waals surface area contributed by atoms with Crippen molar-refractivity contribution >= 4 is 11.0 Å². The van der Waals surface area contributed by atoms with Gasteiger partial charge in [0.15, 0.2) is 0 Å². The Morgan fingerprint density at radius 1 is 1.08 bits per heavy atom. The molecule has 1 unspecified atom stereocenters. The van der Waals surface area contributed by atoms with Crippen molar-refractivity contribution in [3.63, 3.8) is 0 Å². The molecule has 1 N–H and O–H groups in total. The zero-order chi connectivity index (χ0) is 17.2. The minimum atomic E-state index is -0.202. The Morgan fingerprint density at radius 3 is 2.52 bits per heavy atom. The molecule has 0 aliphatic carbocycles. The molecule has 130 valence electrons. The van der Waals surface area contributed by atoms with Crippen LogP contribution >= 0.6 is 0 Å². The fourth-order valence-corrected chi connectivity index (χ4v) is 3.74. The Bertz CT molecular complexity index is 850. The molecule has 5 heteroatoms. The molecular formula is C20H23FN4. The molecule has 1 aliphatic heterocycles. The number of para-hydroxylation sites is 2. The monoisotopic (exact) mass is 338 g/mol. The average molecular weight is 338 g/mol. The largest absolute Gasteiger partial charge is 0.327 e. The van der Waals surface area contributed by atoms with Gasteiger partial charge in [0.25, 0.3) is 0 Å². The second kappa shape index (κ2) is 6.94. The first-order valence-electron chi connectivity index (χ1n) is 8.93. The van der Waals surface area contributed by atoms with Crippen molar-refractivity contribution in [3.8, 4) is 0 Å². The lowest BCUT2D eigenvalue weighted by Gasteiger charge is -2.35.